The molecule has 0 bridgehead atoms. The fraction of sp³-hybridized carbons (Fsp3) is 0.167. The highest BCUT2D eigenvalue weighted by molar-refractivity contribution is 7.92. The highest BCUT2D eigenvalue weighted by Crippen LogP contribution is 2.22. The Balaban J connectivity index is 1.62. The maximum atomic E-state index is 13.0. The molecular formula is C24H25N3O5S. The molecule has 9 heteroatoms. The Bertz CT molecular complexity index is 1210. The normalized spacial score (nSPS) is 10.8. The minimum Gasteiger partial charge on any atom is -0.494 e. The van der Waals surface area contributed by atoms with Crippen molar-refractivity contribution in [2.75, 3.05) is 29.8 Å². The molecule has 0 saturated heterocycles. The lowest BCUT2D eigenvalue weighted by atomic mass is 10.2. The van der Waals surface area contributed by atoms with Crippen LogP contribution in [0.5, 0.6) is 5.75 Å². The number of carbonyl (C=O) groups is 2. The van der Waals surface area contributed by atoms with Crippen LogP contribution < -0.4 is 19.7 Å². The molecule has 0 fully saturated rings. The van der Waals surface area contributed by atoms with Crippen LogP contribution in [0.25, 0.3) is 0 Å². The fourth-order valence-corrected chi connectivity index (χ4v) is 4.24. The Morgan fingerprint density at radius 1 is 0.939 bits per heavy atom. The van der Waals surface area contributed by atoms with Crippen molar-refractivity contribution in [3.05, 3.63) is 84.4 Å². The van der Waals surface area contributed by atoms with Gasteiger partial charge in [0.05, 0.1) is 23.7 Å². The van der Waals surface area contributed by atoms with E-state index in [9.17, 15) is 18.0 Å². The van der Waals surface area contributed by atoms with Gasteiger partial charge in [0.1, 0.15) is 5.75 Å². The number of nitrogens with one attached hydrogen (secondary N) is 2. The van der Waals surface area contributed by atoms with E-state index in [1.165, 1.54) is 31.3 Å². The van der Waals surface area contributed by atoms with Crippen molar-refractivity contribution >= 4 is 33.2 Å². The summed E-state index contributed by atoms with van der Waals surface area (Å²) in [6.45, 7) is 2.15. The number of para-hydroxylation sites is 1. The molecule has 0 aliphatic carbocycles. The van der Waals surface area contributed by atoms with Gasteiger partial charge in [-0.05, 0) is 61.5 Å². The molecule has 0 saturated carbocycles. The van der Waals surface area contributed by atoms with Crippen molar-refractivity contribution in [1.29, 1.82) is 0 Å². The molecule has 2 N–H and O–H groups in total. The summed E-state index contributed by atoms with van der Waals surface area (Å²) in [5, 5.41) is 5.18. The molecule has 0 aliphatic heterocycles. The van der Waals surface area contributed by atoms with Gasteiger partial charge in [-0.2, -0.15) is 0 Å². The van der Waals surface area contributed by atoms with Crippen molar-refractivity contribution in [3.8, 4) is 5.75 Å². The predicted molar refractivity (Wildman–Crippen MR) is 127 cm³/mol. The Kier molecular flexibility index (Phi) is 7.68. The number of carbonyl (C=O) groups excluding carboxylic acids is 2. The Hall–Kier alpha value is -3.85. The van der Waals surface area contributed by atoms with Crippen LogP contribution in [0.4, 0.5) is 11.4 Å². The summed E-state index contributed by atoms with van der Waals surface area (Å²) in [6, 6.07) is 21.2. The molecular weight excluding hydrogens is 442 g/mol. The molecule has 3 aromatic carbocycles. The standard InChI is InChI=1S/C24H25N3O5S/c1-3-32-21-14-12-19(13-15-21)26-23(28)17-25-24(29)18-8-7-11-22(16-18)33(30,31)27(2)20-9-5-4-6-10-20/h4-16H,3,17H2,1-2H3,(H,25,29)(H,26,28). The van der Waals surface area contributed by atoms with Gasteiger partial charge in [0.25, 0.3) is 15.9 Å². The zero-order chi connectivity index (χ0) is 23.8. The Labute approximate surface area is 193 Å². The number of ether oxygens (including phenoxy) is 1. The first kappa shape index (κ1) is 23.8. The van der Waals surface area contributed by atoms with Crippen LogP contribution in [-0.4, -0.2) is 40.4 Å². The van der Waals surface area contributed by atoms with Crippen molar-refractivity contribution in [3.63, 3.8) is 0 Å². The highest BCUT2D eigenvalue weighted by Gasteiger charge is 2.22. The molecule has 0 heterocycles. The van der Waals surface area contributed by atoms with Crippen LogP contribution >= 0.6 is 0 Å². The fourth-order valence-electron chi connectivity index (χ4n) is 3.00. The van der Waals surface area contributed by atoms with E-state index in [1.807, 2.05) is 6.92 Å². The van der Waals surface area contributed by atoms with Gasteiger partial charge in [0, 0.05) is 18.3 Å². The van der Waals surface area contributed by atoms with Crippen LogP contribution in [0.3, 0.4) is 0 Å². The molecule has 3 rings (SSSR count). The van der Waals surface area contributed by atoms with E-state index in [1.54, 1.807) is 54.6 Å². The third-order valence-electron chi connectivity index (χ3n) is 4.73. The third-order valence-corrected chi connectivity index (χ3v) is 6.51. The van der Waals surface area contributed by atoms with E-state index >= 15 is 0 Å². The molecule has 8 nitrogen and oxygen atoms in total. The lowest BCUT2D eigenvalue weighted by Gasteiger charge is -2.19. The third kappa shape index (κ3) is 6.11. The molecule has 0 atom stereocenters. The average molecular weight is 468 g/mol. The van der Waals surface area contributed by atoms with Gasteiger partial charge in [0.2, 0.25) is 5.91 Å². The second-order valence-electron chi connectivity index (χ2n) is 7.02. The number of nitrogens with zero attached hydrogens (tertiary/aromatic N) is 1. The summed E-state index contributed by atoms with van der Waals surface area (Å²) in [5.41, 5.74) is 1.19. The smallest absolute Gasteiger partial charge is 0.264 e. The second-order valence-corrected chi connectivity index (χ2v) is 8.99. The van der Waals surface area contributed by atoms with Crippen molar-refractivity contribution in [2.45, 2.75) is 11.8 Å². The van der Waals surface area contributed by atoms with Crippen LogP contribution in [-0.2, 0) is 14.8 Å². The molecule has 0 radical (unpaired) electrons. The van der Waals surface area contributed by atoms with E-state index < -0.39 is 21.8 Å². The minimum absolute atomic E-state index is 0.0275. The number of hydrogen-bond donors (Lipinski definition) is 2. The van der Waals surface area contributed by atoms with Gasteiger partial charge in [0.15, 0.2) is 0 Å². The van der Waals surface area contributed by atoms with Crippen molar-refractivity contribution < 1.29 is 22.7 Å². The van der Waals surface area contributed by atoms with E-state index in [-0.39, 0.29) is 17.0 Å². The minimum atomic E-state index is -3.86. The molecule has 2 amide bonds. The van der Waals surface area contributed by atoms with Gasteiger partial charge in [-0.1, -0.05) is 24.3 Å². The quantitative estimate of drug-likeness (QED) is 0.503. The summed E-state index contributed by atoms with van der Waals surface area (Å²) >= 11 is 0. The lowest BCUT2D eigenvalue weighted by Crippen LogP contribution is -2.33. The van der Waals surface area contributed by atoms with Crippen LogP contribution in [0.15, 0.2) is 83.8 Å². The number of anilines is 2. The molecule has 0 aromatic heterocycles. The summed E-state index contributed by atoms with van der Waals surface area (Å²) in [5.74, 6) is -0.284. The predicted octanol–water partition coefficient (Wildman–Crippen LogP) is 3.28. The maximum absolute atomic E-state index is 13.0. The van der Waals surface area contributed by atoms with E-state index in [0.717, 1.165) is 4.31 Å². The summed E-state index contributed by atoms with van der Waals surface area (Å²) in [6.07, 6.45) is 0. The van der Waals surface area contributed by atoms with E-state index in [2.05, 4.69) is 10.6 Å². The number of amides is 2. The summed E-state index contributed by atoms with van der Waals surface area (Å²) in [7, 11) is -2.42. The van der Waals surface area contributed by atoms with Crippen LogP contribution in [0.2, 0.25) is 0 Å². The van der Waals surface area contributed by atoms with E-state index in [0.29, 0.717) is 23.7 Å². The molecule has 0 spiro atoms. The molecule has 0 unspecified atom stereocenters. The zero-order valence-electron chi connectivity index (χ0n) is 18.3. The first-order valence-electron chi connectivity index (χ1n) is 10.3. The van der Waals surface area contributed by atoms with Crippen LogP contribution in [0, 0.1) is 0 Å². The molecule has 0 aliphatic rings. The van der Waals surface area contributed by atoms with Gasteiger partial charge >= 0.3 is 0 Å². The monoisotopic (exact) mass is 467 g/mol. The van der Waals surface area contributed by atoms with Crippen molar-refractivity contribution in [1.82, 2.24) is 5.32 Å². The molecule has 172 valence electrons. The number of sulfonamides is 1. The Morgan fingerprint density at radius 2 is 1.64 bits per heavy atom. The molecule has 33 heavy (non-hydrogen) atoms. The number of benzene rings is 3. The number of rotatable bonds is 9. The van der Waals surface area contributed by atoms with Gasteiger partial charge in [-0.25, -0.2) is 8.42 Å². The lowest BCUT2D eigenvalue weighted by molar-refractivity contribution is -0.115. The first-order chi connectivity index (χ1) is 15.8. The second kappa shape index (κ2) is 10.6. The zero-order valence-corrected chi connectivity index (χ0v) is 19.1. The number of hydrogen-bond acceptors (Lipinski definition) is 5. The first-order valence-corrected chi connectivity index (χ1v) is 11.7. The SMILES string of the molecule is CCOc1ccc(NC(=O)CNC(=O)c2cccc(S(=O)(=O)N(C)c3ccccc3)c2)cc1. The van der Waals surface area contributed by atoms with Gasteiger partial charge in [-0.15, -0.1) is 0 Å². The van der Waals surface area contributed by atoms with Crippen molar-refractivity contribution in [2.24, 2.45) is 0 Å². The highest BCUT2D eigenvalue weighted by atomic mass is 32.2. The largest absolute Gasteiger partial charge is 0.494 e. The molecule has 3 aromatic rings. The Morgan fingerprint density at radius 3 is 2.30 bits per heavy atom. The summed E-state index contributed by atoms with van der Waals surface area (Å²) in [4.78, 5) is 24.7. The summed E-state index contributed by atoms with van der Waals surface area (Å²) < 4.78 is 32.4. The van der Waals surface area contributed by atoms with Crippen LogP contribution in [0.1, 0.15) is 17.3 Å². The topological polar surface area (TPSA) is 105 Å². The van der Waals surface area contributed by atoms with E-state index in [4.69, 9.17) is 4.74 Å². The van der Waals surface area contributed by atoms with Gasteiger partial charge < -0.3 is 15.4 Å². The average Bonchev–Trinajstić information content (AvgIpc) is 2.84. The maximum Gasteiger partial charge on any atom is 0.264 e. The van der Waals surface area contributed by atoms with Gasteiger partial charge in [-0.3, -0.25) is 13.9 Å².